The minimum Gasteiger partial charge on any atom is -0.291 e. The van der Waals surface area contributed by atoms with Crippen LogP contribution in [-0.4, -0.2) is 24.8 Å². The maximum atomic E-state index is 12.8. The number of hydrogen-bond donors (Lipinski definition) is 1. The highest BCUT2D eigenvalue weighted by molar-refractivity contribution is 5.52. The van der Waals surface area contributed by atoms with E-state index in [1.54, 1.807) is 6.20 Å². The Balaban J connectivity index is 1.73. The van der Waals surface area contributed by atoms with Gasteiger partial charge in [-0.15, -0.1) is 5.10 Å². The zero-order valence-corrected chi connectivity index (χ0v) is 16.8. The highest BCUT2D eigenvalue weighted by Gasteiger charge is 2.20. The van der Waals surface area contributed by atoms with Crippen LogP contribution in [0.15, 0.2) is 65.6 Å². The van der Waals surface area contributed by atoms with Gasteiger partial charge in [0.25, 0.3) is 5.56 Å². The van der Waals surface area contributed by atoms with Crippen molar-refractivity contribution >= 4 is 12.7 Å². The van der Waals surface area contributed by atoms with Gasteiger partial charge in [0.2, 0.25) is 0 Å². The van der Waals surface area contributed by atoms with E-state index in [-0.39, 0.29) is 11.0 Å². The van der Waals surface area contributed by atoms with Crippen molar-refractivity contribution < 1.29 is 0 Å². The van der Waals surface area contributed by atoms with Gasteiger partial charge in [-0.2, -0.15) is 0 Å². The average molecular weight is 385 g/mol. The first-order valence-electron chi connectivity index (χ1n) is 9.43. The summed E-state index contributed by atoms with van der Waals surface area (Å²) in [6.07, 6.45) is 3.64. The van der Waals surface area contributed by atoms with Gasteiger partial charge in [0.05, 0.1) is 33.8 Å². The maximum Gasteiger partial charge on any atom is 0.279 e. The van der Waals surface area contributed by atoms with E-state index in [0.717, 1.165) is 22.6 Å². The van der Waals surface area contributed by atoms with Crippen molar-refractivity contribution in [2.45, 2.75) is 26.2 Å². The molecule has 0 amide bonds. The molecule has 0 aliphatic rings. The first-order chi connectivity index (χ1) is 13.8. The normalized spacial score (nSPS) is 12.4. The summed E-state index contributed by atoms with van der Waals surface area (Å²) in [5, 5.41) is 12.4. The lowest BCUT2D eigenvalue weighted by molar-refractivity contribution is 0.542. The Hall–Kier alpha value is -3.67. The van der Waals surface area contributed by atoms with E-state index >= 15 is 0 Å². The van der Waals surface area contributed by atoms with E-state index < -0.39 is 0 Å². The van der Waals surface area contributed by atoms with Crippen molar-refractivity contribution in [1.29, 1.82) is 0 Å². The molecule has 2 aromatic heterocycles. The minimum atomic E-state index is -0.128. The second-order valence-corrected chi connectivity index (χ2v) is 8.00. The Morgan fingerprint density at radius 1 is 1.00 bits per heavy atom. The van der Waals surface area contributed by atoms with Gasteiger partial charge in [-0.3, -0.25) is 9.89 Å². The largest absolute Gasteiger partial charge is 0.291 e. The summed E-state index contributed by atoms with van der Waals surface area (Å²) in [5.41, 5.74) is 3.45. The lowest BCUT2D eigenvalue weighted by Crippen LogP contribution is -2.33. The molecule has 29 heavy (non-hydrogen) atoms. The number of rotatable bonds is 3. The number of H-pyrrole nitrogens is 1. The van der Waals surface area contributed by atoms with Gasteiger partial charge < -0.3 is 0 Å². The van der Waals surface area contributed by atoms with Gasteiger partial charge in [0.15, 0.2) is 0 Å². The van der Waals surface area contributed by atoms with Gasteiger partial charge in [0, 0.05) is 5.41 Å². The van der Waals surface area contributed by atoms with Crippen molar-refractivity contribution in [3.63, 3.8) is 0 Å². The molecule has 4 aromatic rings. The van der Waals surface area contributed by atoms with E-state index in [2.05, 4.69) is 42.8 Å². The molecule has 0 aliphatic heterocycles. The molecule has 0 saturated carbocycles. The van der Waals surface area contributed by atoms with Crippen LogP contribution < -0.4 is 16.1 Å². The summed E-state index contributed by atoms with van der Waals surface area (Å²) >= 11 is 0. The van der Waals surface area contributed by atoms with Crippen LogP contribution in [-0.2, 0) is 5.41 Å². The smallest absolute Gasteiger partial charge is 0.279 e. The molecule has 0 radical (unpaired) electrons. The highest BCUT2D eigenvalue weighted by atomic mass is 16.1. The molecule has 2 heterocycles. The molecule has 6 heteroatoms. The van der Waals surface area contributed by atoms with Crippen molar-refractivity contribution in [3.05, 3.63) is 93.0 Å². The molecule has 0 spiro atoms. The van der Waals surface area contributed by atoms with Crippen LogP contribution in [0, 0.1) is 0 Å². The van der Waals surface area contributed by atoms with Crippen LogP contribution in [0.2, 0.25) is 0 Å². The molecule has 1 N–H and O–H groups in total. The Morgan fingerprint density at radius 2 is 1.69 bits per heavy atom. The number of para-hydroxylation sites is 1. The molecule has 0 unspecified atom stereocenters. The molecule has 0 atom stereocenters. The van der Waals surface area contributed by atoms with Crippen LogP contribution >= 0.6 is 0 Å². The number of nitrogens with zero attached hydrogens (tertiary/aromatic N) is 4. The second-order valence-electron chi connectivity index (χ2n) is 8.00. The third-order valence-corrected chi connectivity index (χ3v) is 4.79. The SMILES string of the molecule is C=c1[nH]n(-c2ccccc2)c(=O)/c1=C\c1ccc(-n2nncc2C(C)(C)C)cc1. The third-order valence-electron chi connectivity index (χ3n) is 4.79. The molecule has 4 rings (SSSR count). The van der Waals surface area contributed by atoms with E-state index in [9.17, 15) is 4.79 Å². The van der Waals surface area contributed by atoms with E-state index in [0.29, 0.717) is 10.6 Å². The van der Waals surface area contributed by atoms with Gasteiger partial charge in [-0.25, -0.2) is 9.36 Å². The van der Waals surface area contributed by atoms with Crippen LogP contribution in [0.3, 0.4) is 0 Å². The first kappa shape index (κ1) is 18.7. The minimum absolute atomic E-state index is 0.0648. The van der Waals surface area contributed by atoms with Crippen LogP contribution in [0.5, 0.6) is 0 Å². The fourth-order valence-electron chi connectivity index (χ4n) is 3.22. The average Bonchev–Trinajstić information content (AvgIpc) is 3.30. The number of nitrogens with one attached hydrogen (secondary N) is 1. The quantitative estimate of drug-likeness (QED) is 0.588. The summed E-state index contributed by atoms with van der Waals surface area (Å²) in [5.74, 6) is 0. The second kappa shape index (κ2) is 7.05. The summed E-state index contributed by atoms with van der Waals surface area (Å²) in [6, 6.07) is 17.3. The van der Waals surface area contributed by atoms with Crippen molar-refractivity contribution in [1.82, 2.24) is 24.8 Å². The highest BCUT2D eigenvalue weighted by Crippen LogP contribution is 2.23. The zero-order valence-electron chi connectivity index (χ0n) is 16.8. The Labute approximate surface area is 168 Å². The Kier molecular flexibility index (Phi) is 4.54. The Morgan fingerprint density at radius 3 is 2.34 bits per heavy atom. The molecular weight excluding hydrogens is 362 g/mol. The van der Waals surface area contributed by atoms with E-state index in [4.69, 9.17) is 0 Å². The van der Waals surface area contributed by atoms with Crippen LogP contribution in [0.4, 0.5) is 0 Å². The van der Waals surface area contributed by atoms with E-state index in [1.807, 2.05) is 65.4 Å². The number of benzene rings is 2. The summed E-state index contributed by atoms with van der Waals surface area (Å²) < 4.78 is 3.35. The molecule has 6 nitrogen and oxygen atoms in total. The molecule has 0 fully saturated rings. The molecule has 2 aromatic carbocycles. The monoisotopic (exact) mass is 385 g/mol. The van der Waals surface area contributed by atoms with Crippen LogP contribution in [0.25, 0.3) is 24.0 Å². The predicted molar refractivity (Wildman–Crippen MR) is 115 cm³/mol. The molecule has 146 valence electrons. The summed E-state index contributed by atoms with van der Waals surface area (Å²) in [7, 11) is 0. The fourth-order valence-corrected chi connectivity index (χ4v) is 3.22. The molecule has 0 saturated heterocycles. The topological polar surface area (TPSA) is 68.5 Å². The third kappa shape index (κ3) is 3.57. The molecular formula is C23H23N5O. The first-order valence-corrected chi connectivity index (χ1v) is 9.43. The summed E-state index contributed by atoms with van der Waals surface area (Å²) in [6.45, 7) is 10.4. The van der Waals surface area contributed by atoms with E-state index in [1.165, 1.54) is 4.68 Å². The Bertz CT molecular complexity index is 1300. The standard InChI is InChI=1S/C23H23N5O/c1-16-20(22(29)28(25-16)18-8-6-5-7-9-18)14-17-10-12-19(13-11-17)27-21(15-24-26-27)23(2,3)4/h5-15,25H,1H2,2-4H3/b20-14-. The lowest BCUT2D eigenvalue weighted by atomic mass is 9.92. The predicted octanol–water partition coefficient (Wildman–Crippen LogP) is 2.28. The number of hydrogen-bond acceptors (Lipinski definition) is 3. The van der Waals surface area contributed by atoms with Gasteiger partial charge in [-0.1, -0.05) is 62.9 Å². The zero-order chi connectivity index (χ0) is 20.6. The summed E-state index contributed by atoms with van der Waals surface area (Å²) in [4.78, 5) is 12.8. The fraction of sp³-hybridized carbons (Fsp3) is 0.174. The van der Waals surface area contributed by atoms with Gasteiger partial charge in [0.1, 0.15) is 0 Å². The number of aromatic nitrogens is 5. The van der Waals surface area contributed by atoms with Crippen molar-refractivity contribution in [2.24, 2.45) is 0 Å². The molecule has 0 bridgehead atoms. The van der Waals surface area contributed by atoms with Crippen molar-refractivity contribution in [2.75, 3.05) is 0 Å². The van der Waals surface area contributed by atoms with Crippen LogP contribution in [0.1, 0.15) is 32.0 Å². The number of aromatic amines is 1. The van der Waals surface area contributed by atoms with Gasteiger partial charge in [-0.05, 0) is 35.9 Å². The van der Waals surface area contributed by atoms with Gasteiger partial charge >= 0.3 is 0 Å². The maximum absolute atomic E-state index is 12.8. The van der Waals surface area contributed by atoms with Crippen molar-refractivity contribution in [3.8, 4) is 11.4 Å². The lowest BCUT2D eigenvalue weighted by Gasteiger charge is -2.19. The molecule has 0 aliphatic carbocycles.